The predicted octanol–water partition coefficient (Wildman–Crippen LogP) is 2.26. The van der Waals surface area contributed by atoms with E-state index < -0.39 is 20.2 Å². The number of ether oxygens (including phenoxy) is 1. The second-order valence-corrected chi connectivity index (χ2v) is 12.1. The van der Waals surface area contributed by atoms with Crippen LogP contribution in [0.1, 0.15) is 18.4 Å². The van der Waals surface area contributed by atoms with Crippen LogP contribution in [0.3, 0.4) is 0 Å². The van der Waals surface area contributed by atoms with Gasteiger partial charge in [-0.1, -0.05) is 6.07 Å². The van der Waals surface area contributed by atoms with Gasteiger partial charge in [0, 0.05) is 38.8 Å². The monoisotopic (exact) mass is 510 g/mol. The quantitative estimate of drug-likeness (QED) is 0.561. The Morgan fingerprint density at radius 2 is 1.65 bits per heavy atom. The van der Waals surface area contributed by atoms with Crippen molar-refractivity contribution in [3.8, 4) is 5.75 Å². The van der Waals surface area contributed by atoms with Gasteiger partial charge in [-0.15, -0.1) is 0 Å². The molecule has 0 radical (unpaired) electrons. The Bertz CT molecular complexity index is 1240. The van der Waals surface area contributed by atoms with E-state index in [1.807, 2.05) is 13.0 Å². The Balaban J connectivity index is 1.63. The summed E-state index contributed by atoms with van der Waals surface area (Å²) >= 11 is 0. The van der Waals surface area contributed by atoms with E-state index in [2.05, 4.69) is 10.0 Å². The highest BCUT2D eigenvalue weighted by atomic mass is 32.2. The molecule has 0 atom stereocenters. The van der Waals surface area contributed by atoms with Gasteiger partial charge in [-0.3, -0.25) is 9.52 Å². The average molecular weight is 511 g/mol. The Morgan fingerprint density at radius 1 is 1.03 bits per heavy atom. The zero-order chi connectivity index (χ0) is 25.1. The van der Waals surface area contributed by atoms with Gasteiger partial charge in [-0.2, -0.15) is 17.0 Å². The number of aryl methyl sites for hydroxylation is 1. The van der Waals surface area contributed by atoms with Gasteiger partial charge in [-0.25, -0.2) is 8.42 Å². The number of methoxy groups -OCH3 is 1. The number of nitrogens with one attached hydrogen (secondary N) is 2. The summed E-state index contributed by atoms with van der Waals surface area (Å²) < 4.78 is 60.4. The van der Waals surface area contributed by atoms with Gasteiger partial charge in [0.15, 0.2) is 0 Å². The van der Waals surface area contributed by atoms with E-state index in [-0.39, 0.29) is 29.8 Å². The Hall–Kier alpha value is -2.67. The molecule has 3 rings (SSSR count). The number of rotatable bonds is 8. The van der Waals surface area contributed by atoms with Gasteiger partial charge in [0.2, 0.25) is 5.91 Å². The van der Waals surface area contributed by atoms with Crippen LogP contribution in [0.15, 0.2) is 47.4 Å². The molecule has 0 saturated carbocycles. The topological polar surface area (TPSA) is 125 Å². The molecule has 2 N–H and O–H groups in total. The third-order valence-electron chi connectivity index (χ3n) is 5.64. The lowest BCUT2D eigenvalue weighted by molar-refractivity contribution is -0.120. The van der Waals surface area contributed by atoms with Gasteiger partial charge in [0.25, 0.3) is 20.2 Å². The minimum absolute atomic E-state index is 0.0382. The number of benzene rings is 2. The van der Waals surface area contributed by atoms with Crippen LogP contribution >= 0.6 is 0 Å². The molecule has 10 nitrogen and oxygen atoms in total. The summed E-state index contributed by atoms with van der Waals surface area (Å²) in [6.45, 7) is 2.38. The van der Waals surface area contributed by atoms with E-state index in [1.165, 1.54) is 49.8 Å². The first kappa shape index (κ1) is 25.9. The molecule has 2 aromatic rings. The first-order valence-electron chi connectivity index (χ1n) is 10.7. The molecule has 0 spiro atoms. The van der Waals surface area contributed by atoms with Crippen molar-refractivity contribution < 1.29 is 26.4 Å². The average Bonchev–Trinajstić information content (AvgIpc) is 2.79. The number of amides is 1. The molecule has 0 aliphatic carbocycles. The molecule has 1 aliphatic rings. The summed E-state index contributed by atoms with van der Waals surface area (Å²) in [5, 5.41) is 2.79. The van der Waals surface area contributed by atoms with Crippen LogP contribution in [0.2, 0.25) is 0 Å². The number of piperidine rings is 1. The lowest BCUT2D eigenvalue weighted by atomic mass is 9.97. The molecule has 34 heavy (non-hydrogen) atoms. The molecule has 1 heterocycles. The summed E-state index contributed by atoms with van der Waals surface area (Å²) in [6.07, 6.45) is 0.821. The zero-order valence-corrected chi connectivity index (χ0v) is 21.2. The summed E-state index contributed by atoms with van der Waals surface area (Å²) in [5.74, 6) is -0.143. The maximum Gasteiger partial charge on any atom is 0.281 e. The lowest BCUT2D eigenvalue weighted by Gasteiger charge is -2.32. The molecule has 0 aromatic heterocycles. The smallest absolute Gasteiger partial charge is 0.281 e. The second-order valence-electron chi connectivity index (χ2n) is 8.29. The summed E-state index contributed by atoms with van der Waals surface area (Å²) in [7, 11) is -2.94. The fourth-order valence-electron chi connectivity index (χ4n) is 3.65. The fraction of sp³-hybridized carbons (Fsp3) is 0.409. The maximum absolute atomic E-state index is 12.8. The van der Waals surface area contributed by atoms with Crippen molar-refractivity contribution in [2.24, 2.45) is 5.92 Å². The molecule has 1 aliphatic heterocycles. The molecule has 186 valence electrons. The van der Waals surface area contributed by atoms with E-state index in [0.29, 0.717) is 30.0 Å². The number of carbonyl (C=O) groups excluding carboxylic acids is 1. The Labute approximate surface area is 201 Å². The van der Waals surface area contributed by atoms with E-state index in [9.17, 15) is 21.6 Å². The van der Waals surface area contributed by atoms with Crippen LogP contribution in [0.4, 0.5) is 11.4 Å². The van der Waals surface area contributed by atoms with E-state index in [0.717, 1.165) is 9.87 Å². The van der Waals surface area contributed by atoms with E-state index >= 15 is 0 Å². The van der Waals surface area contributed by atoms with Crippen LogP contribution in [0.25, 0.3) is 0 Å². The Kier molecular flexibility index (Phi) is 7.86. The highest BCUT2D eigenvalue weighted by Crippen LogP contribution is 2.28. The first-order valence-corrected chi connectivity index (χ1v) is 13.6. The molecule has 12 heteroatoms. The SMILES string of the molecule is COc1ccc(C)cc1NS(=O)(=O)c1ccc(NC(=O)C2CCN(S(=O)(=O)N(C)C)CC2)cc1. The fourth-order valence-corrected chi connectivity index (χ4v) is 5.84. The Morgan fingerprint density at radius 3 is 2.21 bits per heavy atom. The van der Waals surface area contributed by atoms with Crippen LogP contribution in [-0.4, -0.2) is 65.6 Å². The third-order valence-corrected chi connectivity index (χ3v) is 8.97. The molecule has 1 fully saturated rings. The van der Waals surface area contributed by atoms with Crippen molar-refractivity contribution in [1.29, 1.82) is 0 Å². The first-order chi connectivity index (χ1) is 15.9. The normalized spacial score (nSPS) is 15.8. The maximum atomic E-state index is 12.8. The van der Waals surface area contributed by atoms with Gasteiger partial charge in [0.1, 0.15) is 5.75 Å². The molecule has 2 aromatic carbocycles. The predicted molar refractivity (Wildman–Crippen MR) is 131 cm³/mol. The molecule has 1 amide bonds. The second kappa shape index (κ2) is 10.3. The van der Waals surface area contributed by atoms with Crippen LogP contribution in [-0.2, 0) is 25.0 Å². The van der Waals surface area contributed by atoms with Crippen molar-refractivity contribution >= 4 is 37.5 Å². The number of carbonyl (C=O) groups is 1. The number of hydrogen-bond donors (Lipinski definition) is 2. The third kappa shape index (κ3) is 5.87. The highest BCUT2D eigenvalue weighted by Gasteiger charge is 2.32. The van der Waals surface area contributed by atoms with Crippen LogP contribution < -0.4 is 14.8 Å². The van der Waals surface area contributed by atoms with Crippen molar-refractivity contribution in [3.05, 3.63) is 48.0 Å². The standard InChI is InChI=1S/C22H30N4O6S2/c1-16-5-10-21(32-4)20(15-16)24-33(28,29)19-8-6-18(7-9-19)23-22(27)17-11-13-26(14-12-17)34(30,31)25(2)3/h5-10,15,17,24H,11-14H2,1-4H3,(H,23,27). The van der Waals surface area contributed by atoms with Gasteiger partial charge < -0.3 is 10.1 Å². The molecule has 1 saturated heterocycles. The van der Waals surface area contributed by atoms with Crippen LogP contribution in [0, 0.1) is 12.8 Å². The lowest BCUT2D eigenvalue weighted by Crippen LogP contribution is -2.46. The van der Waals surface area contributed by atoms with Crippen molar-refractivity contribution in [2.75, 3.05) is 44.3 Å². The van der Waals surface area contributed by atoms with Crippen LogP contribution in [0.5, 0.6) is 5.75 Å². The molecule has 0 unspecified atom stereocenters. The van der Waals surface area contributed by atoms with Crippen molar-refractivity contribution in [1.82, 2.24) is 8.61 Å². The number of sulfonamides is 1. The van der Waals surface area contributed by atoms with Crippen molar-refractivity contribution in [2.45, 2.75) is 24.7 Å². The minimum Gasteiger partial charge on any atom is -0.495 e. The van der Waals surface area contributed by atoms with Gasteiger partial charge >= 0.3 is 0 Å². The number of nitrogens with zero attached hydrogens (tertiary/aromatic N) is 2. The van der Waals surface area contributed by atoms with E-state index in [4.69, 9.17) is 4.74 Å². The number of hydrogen-bond acceptors (Lipinski definition) is 6. The summed E-state index contributed by atoms with van der Waals surface area (Å²) in [4.78, 5) is 12.7. The van der Waals surface area contributed by atoms with Crippen molar-refractivity contribution in [3.63, 3.8) is 0 Å². The molecular weight excluding hydrogens is 480 g/mol. The van der Waals surface area contributed by atoms with Gasteiger partial charge in [-0.05, 0) is 61.7 Å². The van der Waals surface area contributed by atoms with Gasteiger partial charge in [0.05, 0.1) is 17.7 Å². The molecular formula is C22H30N4O6S2. The largest absolute Gasteiger partial charge is 0.495 e. The highest BCUT2D eigenvalue weighted by molar-refractivity contribution is 7.92. The minimum atomic E-state index is -3.86. The summed E-state index contributed by atoms with van der Waals surface area (Å²) in [6, 6.07) is 11.0. The summed E-state index contributed by atoms with van der Waals surface area (Å²) in [5.41, 5.74) is 1.67. The van der Waals surface area contributed by atoms with E-state index in [1.54, 1.807) is 12.1 Å². The zero-order valence-electron chi connectivity index (χ0n) is 19.6. The molecule has 0 bridgehead atoms. The number of anilines is 2.